The maximum atomic E-state index is 5.70. The van der Waals surface area contributed by atoms with Crippen molar-refractivity contribution >= 4 is 16.6 Å². The van der Waals surface area contributed by atoms with Crippen molar-refractivity contribution in [3.05, 3.63) is 48.5 Å². The third-order valence-electron chi connectivity index (χ3n) is 2.94. The van der Waals surface area contributed by atoms with Gasteiger partial charge < -0.3 is 5.73 Å². The first-order valence-electron chi connectivity index (χ1n) is 5.53. The molecule has 0 bridgehead atoms. The summed E-state index contributed by atoms with van der Waals surface area (Å²) in [7, 11) is 1.96. The van der Waals surface area contributed by atoms with E-state index < -0.39 is 0 Å². The topological polar surface area (TPSA) is 43.8 Å². The molecular weight excluding hydrogens is 210 g/mol. The molecule has 0 saturated carbocycles. The van der Waals surface area contributed by atoms with Crippen LogP contribution in [0, 0.1) is 0 Å². The average Bonchev–Trinajstić information content (AvgIpc) is 2.69. The molecule has 0 saturated heterocycles. The summed E-state index contributed by atoms with van der Waals surface area (Å²) >= 11 is 0. The Kier molecular flexibility index (Phi) is 2.11. The van der Waals surface area contributed by atoms with Gasteiger partial charge in [0.1, 0.15) is 5.69 Å². The lowest BCUT2D eigenvalue weighted by Crippen LogP contribution is -1.89. The first-order valence-corrected chi connectivity index (χ1v) is 5.53. The standard InChI is InChI=1S/C14H13N3/c1-17-13-5-3-2-4-12(13)14(16-17)10-6-8-11(15)9-7-10/h2-9H,15H2,1H3. The Balaban J connectivity index is 2.27. The molecule has 1 aromatic heterocycles. The Morgan fingerprint density at radius 3 is 2.47 bits per heavy atom. The average molecular weight is 223 g/mol. The van der Waals surface area contributed by atoms with Crippen LogP contribution < -0.4 is 5.73 Å². The minimum absolute atomic E-state index is 0.772. The smallest absolute Gasteiger partial charge is 0.100 e. The van der Waals surface area contributed by atoms with Crippen molar-refractivity contribution in [3.8, 4) is 11.3 Å². The molecule has 0 aliphatic heterocycles. The highest BCUT2D eigenvalue weighted by atomic mass is 15.3. The molecule has 0 fully saturated rings. The van der Waals surface area contributed by atoms with Crippen LogP contribution in [0.15, 0.2) is 48.5 Å². The lowest BCUT2D eigenvalue weighted by Gasteiger charge is -1.98. The summed E-state index contributed by atoms with van der Waals surface area (Å²) in [6, 6.07) is 16.0. The van der Waals surface area contributed by atoms with E-state index in [1.165, 1.54) is 5.39 Å². The summed E-state index contributed by atoms with van der Waals surface area (Å²) in [6.07, 6.45) is 0. The number of aromatic nitrogens is 2. The molecular formula is C14H13N3. The Morgan fingerprint density at radius 2 is 1.71 bits per heavy atom. The summed E-state index contributed by atoms with van der Waals surface area (Å²) in [5.74, 6) is 0. The molecule has 0 aliphatic rings. The van der Waals surface area contributed by atoms with Crippen LogP contribution in [-0.2, 0) is 7.05 Å². The van der Waals surface area contributed by atoms with Gasteiger partial charge in [-0.25, -0.2) is 0 Å². The fourth-order valence-electron chi connectivity index (χ4n) is 2.07. The molecule has 0 radical (unpaired) electrons. The van der Waals surface area contributed by atoms with Crippen molar-refractivity contribution in [2.45, 2.75) is 0 Å². The van der Waals surface area contributed by atoms with Crippen LogP contribution in [0.2, 0.25) is 0 Å². The zero-order chi connectivity index (χ0) is 11.8. The second-order valence-electron chi connectivity index (χ2n) is 4.11. The van der Waals surface area contributed by atoms with Gasteiger partial charge in [0.2, 0.25) is 0 Å². The number of rotatable bonds is 1. The summed E-state index contributed by atoms with van der Waals surface area (Å²) < 4.78 is 1.90. The first-order chi connectivity index (χ1) is 8.25. The van der Waals surface area contributed by atoms with Crippen LogP contribution in [0.5, 0.6) is 0 Å². The van der Waals surface area contributed by atoms with Gasteiger partial charge in [-0.15, -0.1) is 0 Å². The predicted octanol–water partition coefficient (Wildman–Crippen LogP) is 2.82. The highest BCUT2D eigenvalue weighted by Crippen LogP contribution is 2.27. The first kappa shape index (κ1) is 9.90. The van der Waals surface area contributed by atoms with Crippen molar-refractivity contribution in [2.24, 2.45) is 7.05 Å². The number of hydrogen-bond donors (Lipinski definition) is 1. The zero-order valence-electron chi connectivity index (χ0n) is 9.59. The van der Waals surface area contributed by atoms with E-state index >= 15 is 0 Å². The third kappa shape index (κ3) is 1.56. The van der Waals surface area contributed by atoms with E-state index in [4.69, 9.17) is 5.73 Å². The maximum Gasteiger partial charge on any atom is 0.100 e. The van der Waals surface area contributed by atoms with E-state index in [0.29, 0.717) is 0 Å². The van der Waals surface area contributed by atoms with Crippen molar-refractivity contribution < 1.29 is 0 Å². The van der Waals surface area contributed by atoms with Gasteiger partial charge in [0.25, 0.3) is 0 Å². The summed E-state index contributed by atoms with van der Waals surface area (Å²) in [5, 5.41) is 5.73. The lowest BCUT2D eigenvalue weighted by molar-refractivity contribution is 0.800. The van der Waals surface area contributed by atoms with Gasteiger partial charge in [0.15, 0.2) is 0 Å². The minimum atomic E-state index is 0.772. The van der Waals surface area contributed by atoms with Gasteiger partial charge in [0, 0.05) is 23.7 Å². The fraction of sp³-hybridized carbons (Fsp3) is 0.0714. The quantitative estimate of drug-likeness (QED) is 0.645. The molecule has 2 aromatic carbocycles. The van der Waals surface area contributed by atoms with Gasteiger partial charge in [-0.2, -0.15) is 5.10 Å². The van der Waals surface area contributed by atoms with Gasteiger partial charge in [-0.05, 0) is 18.2 Å². The van der Waals surface area contributed by atoms with E-state index in [-0.39, 0.29) is 0 Å². The van der Waals surface area contributed by atoms with Crippen molar-refractivity contribution in [1.29, 1.82) is 0 Å². The van der Waals surface area contributed by atoms with Crippen LogP contribution in [0.3, 0.4) is 0 Å². The molecule has 3 aromatic rings. The Morgan fingerprint density at radius 1 is 1.00 bits per heavy atom. The number of para-hydroxylation sites is 1. The number of nitrogens with zero attached hydrogens (tertiary/aromatic N) is 2. The monoisotopic (exact) mass is 223 g/mol. The second-order valence-corrected chi connectivity index (χ2v) is 4.11. The number of fused-ring (bicyclic) bond motifs is 1. The second kappa shape index (κ2) is 3.63. The number of benzene rings is 2. The number of aryl methyl sites for hydroxylation is 1. The summed E-state index contributed by atoms with van der Waals surface area (Å²) in [5.41, 5.74) is 9.70. The Bertz CT molecular complexity index is 666. The van der Waals surface area contributed by atoms with Crippen LogP contribution >= 0.6 is 0 Å². The normalized spacial score (nSPS) is 10.9. The molecule has 1 heterocycles. The van der Waals surface area contributed by atoms with Crippen molar-refractivity contribution in [3.63, 3.8) is 0 Å². The molecule has 2 N–H and O–H groups in total. The van der Waals surface area contributed by atoms with Gasteiger partial charge >= 0.3 is 0 Å². The maximum absolute atomic E-state index is 5.70. The predicted molar refractivity (Wildman–Crippen MR) is 70.6 cm³/mol. The van der Waals surface area contributed by atoms with E-state index in [1.807, 2.05) is 48.1 Å². The molecule has 0 amide bonds. The van der Waals surface area contributed by atoms with Crippen molar-refractivity contribution in [1.82, 2.24) is 9.78 Å². The molecule has 0 unspecified atom stereocenters. The van der Waals surface area contributed by atoms with Gasteiger partial charge in [-0.1, -0.05) is 30.3 Å². The molecule has 84 valence electrons. The molecule has 0 spiro atoms. The highest BCUT2D eigenvalue weighted by Gasteiger charge is 2.09. The molecule has 3 heteroatoms. The van der Waals surface area contributed by atoms with Crippen LogP contribution in [0.1, 0.15) is 0 Å². The van der Waals surface area contributed by atoms with E-state index in [9.17, 15) is 0 Å². The van der Waals surface area contributed by atoms with E-state index in [1.54, 1.807) is 0 Å². The third-order valence-corrected chi connectivity index (χ3v) is 2.94. The molecule has 3 nitrogen and oxygen atoms in total. The van der Waals surface area contributed by atoms with Crippen LogP contribution in [-0.4, -0.2) is 9.78 Å². The zero-order valence-corrected chi connectivity index (χ0v) is 9.59. The number of nitrogens with two attached hydrogens (primary N) is 1. The van der Waals surface area contributed by atoms with Crippen LogP contribution in [0.25, 0.3) is 22.2 Å². The van der Waals surface area contributed by atoms with Gasteiger partial charge in [-0.3, -0.25) is 4.68 Å². The number of nitrogen functional groups attached to an aromatic ring is 1. The molecule has 3 rings (SSSR count). The number of hydrogen-bond acceptors (Lipinski definition) is 2. The van der Waals surface area contributed by atoms with Crippen LogP contribution in [0.4, 0.5) is 5.69 Å². The molecule has 17 heavy (non-hydrogen) atoms. The van der Waals surface area contributed by atoms with E-state index in [2.05, 4.69) is 17.2 Å². The van der Waals surface area contributed by atoms with E-state index in [0.717, 1.165) is 22.5 Å². The molecule has 0 atom stereocenters. The SMILES string of the molecule is Cn1nc(-c2ccc(N)cc2)c2ccccc21. The van der Waals surface area contributed by atoms with Gasteiger partial charge in [0.05, 0.1) is 5.52 Å². The molecule has 0 aliphatic carbocycles. The minimum Gasteiger partial charge on any atom is -0.399 e. The Hall–Kier alpha value is -2.29. The fourth-order valence-corrected chi connectivity index (χ4v) is 2.07. The summed E-state index contributed by atoms with van der Waals surface area (Å²) in [4.78, 5) is 0. The highest BCUT2D eigenvalue weighted by molar-refractivity contribution is 5.93. The largest absolute Gasteiger partial charge is 0.399 e. The summed E-state index contributed by atoms with van der Waals surface area (Å²) in [6.45, 7) is 0. The lowest BCUT2D eigenvalue weighted by atomic mass is 10.1. The number of anilines is 1. The van der Waals surface area contributed by atoms with Crippen molar-refractivity contribution in [2.75, 3.05) is 5.73 Å². The Labute approximate surface area is 99.5 Å².